The van der Waals surface area contributed by atoms with Crippen molar-refractivity contribution >= 4 is 44.8 Å². The lowest BCUT2D eigenvalue weighted by Gasteiger charge is -2.13. The number of amides is 1. The molecule has 0 bridgehead atoms. The van der Waals surface area contributed by atoms with Crippen LogP contribution in [0, 0.1) is 6.92 Å². The molecule has 0 saturated heterocycles. The molecule has 0 fully saturated rings. The molecule has 2 N–H and O–H groups in total. The van der Waals surface area contributed by atoms with E-state index in [4.69, 9.17) is 27.9 Å². The molecule has 134 valence electrons. The minimum absolute atomic E-state index is 0.0193. The van der Waals surface area contributed by atoms with Gasteiger partial charge in [-0.25, -0.2) is 13.1 Å². The van der Waals surface area contributed by atoms with Crippen LogP contribution in [0.4, 0.5) is 5.69 Å². The summed E-state index contributed by atoms with van der Waals surface area (Å²) < 4.78 is 31.3. The lowest BCUT2D eigenvalue weighted by atomic mass is 10.1. The molecule has 0 aliphatic heterocycles. The minimum Gasteiger partial charge on any atom is -0.495 e. The molecule has 25 heavy (non-hydrogen) atoms. The Bertz CT molecular complexity index is 930. The monoisotopic (exact) mass is 402 g/mol. The zero-order valence-corrected chi connectivity index (χ0v) is 16.0. The highest BCUT2D eigenvalue weighted by Crippen LogP contribution is 2.31. The van der Waals surface area contributed by atoms with E-state index in [-0.39, 0.29) is 15.5 Å². The molecule has 9 heteroatoms. The van der Waals surface area contributed by atoms with Crippen LogP contribution in [0.25, 0.3) is 0 Å². The van der Waals surface area contributed by atoms with Crippen molar-refractivity contribution in [2.24, 2.45) is 0 Å². The number of nitrogens with one attached hydrogen (secondary N) is 2. The molecule has 0 saturated carbocycles. The number of methoxy groups -OCH3 is 1. The molecular formula is C16H16Cl2N2O4S. The zero-order chi connectivity index (χ0) is 18.8. The highest BCUT2D eigenvalue weighted by Gasteiger charge is 2.19. The SMILES string of the molecule is CNS(=O)(=O)c1cc(C(=O)Nc2cc(C)c(Cl)cc2OC)ccc1Cl. The van der Waals surface area contributed by atoms with E-state index < -0.39 is 15.9 Å². The number of sulfonamides is 1. The summed E-state index contributed by atoms with van der Waals surface area (Å²) >= 11 is 12.0. The van der Waals surface area contributed by atoms with Gasteiger partial charge in [-0.2, -0.15) is 0 Å². The van der Waals surface area contributed by atoms with Crippen LogP contribution < -0.4 is 14.8 Å². The van der Waals surface area contributed by atoms with Gasteiger partial charge >= 0.3 is 0 Å². The van der Waals surface area contributed by atoms with Gasteiger partial charge in [-0.05, 0) is 43.8 Å². The molecule has 1 amide bonds. The number of hydrogen-bond acceptors (Lipinski definition) is 4. The van der Waals surface area contributed by atoms with Crippen molar-refractivity contribution < 1.29 is 17.9 Å². The lowest BCUT2D eigenvalue weighted by molar-refractivity contribution is 0.102. The topological polar surface area (TPSA) is 84.5 Å². The van der Waals surface area contributed by atoms with Gasteiger partial charge in [0.2, 0.25) is 10.0 Å². The van der Waals surface area contributed by atoms with Crippen LogP contribution >= 0.6 is 23.2 Å². The Labute approximate surface area is 156 Å². The van der Waals surface area contributed by atoms with Crippen LogP contribution in [0.5, 0.6) is 5.75 Å². The van der Waals surface area contributed by atoms with Crippen LogP contribution in [0.3, 0.4) is 0 Å². The van der Waals surface area contributed by atoms with Gasteiger partial charge in [0.1, 0.15) is 10.6 Å². The van der Waals surface area contributed by atoms with Gasteiger partial charge in [0.15, 0.2) is 0 Å². The van der Waals surface area contributed by atoms with Gasteiger partial charge in [-0.3, -0.25) is 4.79 Å². The Hall–Kier alpha value is -1.80. The van der Waals surface area contributed by atoms with Crippen LogP contribution in [0.2, 0.25) is 10.0 Å². The second-order valence-electron chi connectivity index (χ2n) is 5.11. The van der Waals surface area contributed by atoms with Crippen molar-refractivity contribution in [3.8, 4) is 5.75 Å². The first kappa shape index (κ1) is 19.5. The third-order valence-electron chi connectivity index (χ3n) is 3.48. The normalized spacial score (nSPS) is 11.2. The summed E-state index contributed by atoms with van der Waals surface area (Å²) in [4.78, 5) is 12.3. The fourth-order valence-electron chi connectivity index (χ4n) is 2.08. The van der Waals surface area contributed by atoms with Gasteiger partial charge in [0.25, 0.3) is 5.91 Å². The number of ether oxygens (including phenoxy) is 1. The highest BCUT2D eigenvalue weighted by atomic mass is 35.5. The Morgan fingerprint density at radius 3 is 2.40 bits per heavy atom. The quantitative estimate of drug-likeness (QED) is 0.801. The molecular weight excluding hydrogens is 387 g/mol. The summed E-state index contributed by atoms with van der Waals surface area (Å²) in [5, 5.41) is 3.20. The average Bonchev–Trinajstić information content (AvgIpc) is 2.58. The van der Waals surface area contributed by atoms with Crippen molar-refractivity contribution in [1.29, 1.82) is 0 Å². The van der Waals surface area contributed by atoms with Crippen molar-refractivity contribution in [1.82, 2.24) is 4.72 Å². The lowest BCUT2D eigenvalue weighted by Crippen LogP contribution is -2.20. The van der Waals surface area contributed by atoms with E-state index in [9.17, 15) is 13.2 Å². The van der Waals surface area contributed by atoms with Crippen LogP contribution in [-0.2, 0) is 10.0 Å². The van der Waals surface area contributed by atoms with Gasteiger partial charge in [0.05, 0.1) is 17.8 Å². The molecule has 0 heterocycles. The average molecular weight is 403 g/mol. The van der Waals surface area contributed by atoms with E-state index in [0.717, 1.165) is 5.56 Å². The number of aryl methyl sites for hydroxylation is 1. The van der Waals surface area contributed by atoms with E-state index in [1.165, 1.54) is 32.4 Å². The Kier molecular flexibility index (Phi) is 5.95. The number of rotatable bonds is 5. The molecule has 0 aliphatic rings. The summed E-state index contributed by atoms with van der Waals surface area (Å²) in [6, 6.07) is 7.25. The van der Waals surface area contributed by atoms with Crippen molar-refractivity contribution in [2.45, 2.75) is 11.8 Å². The number of carbonyl (C=O) groups excluding carboxylic acids is 1. The van der Waals surface area contributed by atoms with E-state index in [2.05, 4.69) is 10.0 Å². The molecule has 0 unspecified atom stereocenters. The van der Waals surface area contributed by atoms with Gasteiger partial charge in [-0.1, -0.05) is 23.2 Å². The molecule has 2 aromatic carbocycles. The second-order valence-corrected chi connectivity index (χ2v) is 7.78. The molecule has 0 spiro atoms. The van der Waals surface area contributed by atoms with E-state index in [0.29, 0.717) is 16.5 Å². The molecule has 0 radical (unpaired) electrons. The first-order valence-corrected chi connectivity index (χ1v) is 9.32. The van der Waals surface area contributed by atoms with E-state index in [1.807, 2.05) is 0 Å². The number of carbonyl (C=O) groups is 1. The Balaban J connectivity index is 2.40. The Morgan fingerprint density at radius 2 is 1.80 bits per heavy atom. The first-order valence-electron chi connectivity index (χ1n) is 7.08. The standard InChI is InChI=1S/C16H16Cl2N2O4S/c1-9-6-13(14(24-3)8-12(9)18)20-16(21)10-4-5-11(17)15(7-10)25(22,23)19-2/h4-8,19H,1-3H3,(H,20,21). The minimum atomic E-state index is -3.79. The van der Waals surface area contributed by atoms with Crippen LogP contribution in [0.15, 0.2) is 35.2 Å². The largest absolute Gasteiger partial charge is 0.495 e. The smallest absolute Gasteiger partial charge is 0.255 e. The van der Waals surface area contributed by atoms with Crippen molar-refractivity contribution in [3.63, 3.8) is 0 Å². The van der Waals surface area contributed by atoms with Crippen LogP contribution in [-0.4, -0.2) is 28.5 Å². The summed E-state index contributed by atoms with van der Waals surface area (Å²) in [7, 11) is -1.07. The summed E-state index contributed by atoms with van der Waals surface area (Å²) in [6.07, 6.45) is 0. The van der Waals surface area contributed by atoms with Crippen molar-refractivity contribution in [3.05, 3.63) is 51.5 Å². The number of halogens is 2. The third kappa shape index (κ3) is 4.24. The van der Waals surface area contributed by atoms with Gasteiger partial charge in [-0.15, -0.1) is 0 Å². The maximum Gasteiger partial charge on any atom is 0.255 e. The zero-order valence-electron chi connectivity index (χ0n) is 13.7. The number of benzene rings is 2. The maximum atomic E-state index is 12.5. The predicted molar refractivity (Wildman–Crippen MR) is 98.4 cm³/mol. The van der Waals surface area contributed by atoms with Gasteiger partial charge in [0, 0.05) is 16.7 Å². The molecule has 0 aromatic heterocycles. The summed E-state index contributed by atoms with van der Waals surface area (Å²) in [5.74, 6) is -0.120. The third-order valence-corrected chi connectivity index (χ3v) is 5.78. The summed E-state index contributed by atoms with van der Waals surface area (Å²) in [6.45, 7) is 1.79. The predicted octanol–water partition coefficient (Wildman–Crippen LogP) is 3.47. The molecule has 0 aliphatic carbocycles. The maximum absolute atomic E-state index is 12.5. The fraction of sp³-hybridized carbons (Fsp3) is 0.188. The van der Waals surface area contributed by atoms with Crippen LogP contribution in [0.1, 0.15) is 15.9 Å². The molecule has 2 aromatic rings. The summed E-state index contributed by atoms with van der Waals surface area (Å²) in [5.41, 5.74) is 1.31. The first-order chi connectivity index (χ1) is 11.7. The highest BCUT2D eigenvalue weighted by molar-refractivity contribution is 7.89. The fourth-order valence-corrected chi connectivity index (χ4v) is 3.49. The Morgan fingerprint density at radius 1 is 1.12 bits per heavy atom. The number of hydrogen-bond donors (Lipinski definition) is 2. The number of anilines is 1. The molecule has 0 atom stereocenters. The van der Waals surface area contributed by atoms with Crippen molar-refractivity contribution in [2.75, 3.05) is 19.5 Å². The van der Waals surface area contributed by atoms with E-state index >= 15 is 0 Å². The van der Waals surface area contributed by atoms with E-state index in [1.54, 1.807) is 19.1 Å². The molecule has 6 nitrogen and oxygen atoms in total. The van der Waals surface area contributed by atoms with Gasteiger partial charge < -0.3 is 10.1 Å². The second kappa shape index (κ2) is 7.61. The molecule has 2 rings (SSSR count).